The van der Waals surface area contributed by atoms with Crippen LogP contribution in [0.2, 0.25) is 0 Å². The van der Waals surface area contributed by atoms with E-state index in [0.717, 1.165) is 32.7 Å². The zero-order valence-electron chi connectivity index (χ0n) is 12.0. The molecule has 0 spiro atoms. The van der Waals surface area contributed by atoms with Gasteiger partial charge >= 0.3 is 0 Å². The molecule has 0 bridgehead atoms. The Morgan fingerprint density at radius 2 is 2.00 bits per heavy atom. The van der Waals surface area contributed by atoms with Crippen molar-refractivity contribution in [3.63, 3.8) is 0 Å². The number of rotatable bonds is 9. The van der Waals surface area contributed by atoms with Gasteiger partial charge in [-0.15, -0.1) is 0 Å². The summed E-state index contributed by atoms with van der Waals surface area (Å²) in [5.41, 5.74) is 2.88. The molecule has 1 aromatic carbocycles. The molecule has 0 saturated heterocycles. The first kappa shape index (κ1) is 15.2. The van der Waals surface area contributed by atoms with E-state index in [1.807, 2.05) is 0 Å². The van der Waals surface area contributed by atoms with E-state index in [4.69, 9.17) is 4.74 Å². The van der Waals surface area contributed by atoms with Crippen LogP contribution >= 0.6 is 0 Å². The summed E-state index contributed by atoms with van der Waals surface area (Å²) in [6, 6.07) is 8.72. The van der Waals surface area contributed by atoms with Gasteiger partial charge in [-0.2, -0.15) is 0 Å². The van der Waals surface area contributed by atoms with Gasteiger partial charge in [-0.1, -0.05) is 31.2 Å². The third-order valence-electron chi connectivity index (χ3n) is 3.31. The van der Waals surface area contributed by atoms with Gasteiger partial charge in [-0.3, -0.25) is 0 Å². The van der Waals surface area contributed by atoms with E-state index in [-0.39, 0.29) is 0 Å². The predicted octanol–water partition coefficient (Wildman–Crippen LogP) is 3.50. The normalized spacial score (nSPS) is 12.6. The minimum absolute atomic E-state index is 0.603. The molecule has 0 aromatic heterocycles. The maximum atomic E-state index is 5.43. The van der Waals surface area contributed by atoms with Crippen molar-refractivity contribution in [3.8, 4) is 0 Å². The molecule has 0 radical (unpaired) electrons. The lowest BCUT2D eigenvalue weighted by Crippen LogP contribution is -2.22. The third kappa shape index (κ3) is 5.19. The Kier molecular flexibility index (Phi) is 7.70. The average Bonchev–Trinajstić information content (AvgIpc) is 2.39. The number of benzene rings is 1. The van der Waals surface area contributed by atoms with E-state index in [1.54, 1.807) is 0 Å². The molecule has 18 heavy (non-hydrogen) atoms. The molecular weight excluding hydrogens is 222 g/mol. The van der Waals surface area contributed by atoms with Gasteiger partial charge < -0.3 is 10.1 Å². The molecular formula is C16H27NO. The number of likely N-dealkylation sites (N-methyl/N-ethyl adjacent to an activating group) is 1. The quantitative estimate of drug-likeness (QED) is 0.676. The number of hydrogen-bond donors (Lipinski definition) is 1. The summed E-state index contributed by atoms with van der Waals surface area (Å²) in [4.78, 5) is 0. The fraction of sp³-hybridized carbons (Fsp3) is 0.625. The van der Waals surface area contributed by atoms with Gasteiger partial charge in [0.15, 0.2) is 0 Å². The fourth-order valence-corrected chi connectivity index (χ4v) is 2.31. The monoisotopic (exact) mass is 249 g/mol. The summed E-state index contributed by atoms with van der Waals surface area (Å²) < 4.78 is 5.43. The predicted molar refractivity (Wildman–Crippen MR) is 78.2 cm³/mol. The highest BCUT2D eigenvalue weighted by atomic mass is 16.5. The van der Waals surface area contributed by atoms with Crippen LogP contribution in [0, 0.1) is 6.92 Å². The summed E-state index contributed by atoms with van der Waals surface area (Å²) in [6.45, 7) is 10.2. The average molecular weight is 249 g/mol. The smallest absolute Gasteiger partial charge is 0.0466 e. The van der Waals surface area contributed by atoms with Gasteiger partial charge in [0.2, 0.25) is 0 Å². The van der Waals surface area contributed by atoms with Crippen molar-refractivity contribution in [1.29, 1.82) is 0 Å². The van der Waals surface area contributed by atoms with E-state index < -0.39 is 0 Å². The highest BCUT2D eigenvalue weighted by Gasteiger charge is 2.12. The van der Waals surface area contributed by atoms with Crippen LogP contribution in [0.25, 0.3) is 0 Å². The van der Waals surface area contributed by atoms with Gasteiger partial charge in [-0.05, 0) is 50.3 Å². The first-order valence-electron chi connectivity index (χ1n) is 7.13. The highest BCUT2D eigenvalue weighted by molar-refractivity contribution is 5.29. The van der Waals surface area contributed by atoms with E-state index in [1.165, 1.54) is 17.5 Å². The van der Waals surface area contributed by atoms with Gasteiger partial charge in [0.25, 0.3) is 0 Å². The van der Waals surface area contributed by atoms with E-state index in [9.17, 15) is 0 Å². The molecule has 0 aliphatic carbocycles. The second-order valence-corrected chi connectivity index (χ2v) is 4.70. The molecule has 0 amide bonds. The fourth-order valence-electron chi connectivity index (χ4n) is 2.31. The third-order valence-corrected chi connectivity index (χ3v) is 3.31. The zero-order valence-corrected chi connectivity index (χ0v) is 12.0. The van der Waals surface area contributed by atoms with Gasteiger partial charge in [-0.25, -0.2) is 0 Å². The molecule has 0 saturated carbocycles. The van der Waals surface area contributed by atoms with Gasteiger partial charge in [0, 0.05) is 19.8 Å². The van der Waals surface area contributed by atoms with Gasteiger partial charge in [0.1, 0.15) is 0 Å². The van der Waals surface area contributed by atoms with Crippen molar-refractivity contribution >= 4 is 0 Å². The number of nitrogens with one attached hydrogen (secondary N) is 1. The van der Waals surface area contributed by atoms with Crippen molar-refractivity contribution in [2.24, 2.45) is 0 Å². The SMILES string of the molecule is CCNCC(CCCOCC)c1ccccc1C. The Morgan fingerprint density at radius 3 is 2.67 bits per heavy atom. The maximum Gasteiger partial charge on any atom is 0.0466 e. The van der Waals surface area contributed by atoms with Crippen LogP contribution in [0.1, 0.15) is 43.7 Å². The van der Waals surface area contributed by atoms with Gasteiger partial charge in [0.05, 0.1) is 0 Å². The molecule has 0 fully saturated rings. The number of ether oxygens (including phenoxy) is 1. The summed E-state index contributed by atoms with van der Waals surface area (Å²) in [7, 11) is 0. The largest absolute Gasteiger partial charge is 0.382 e. The van der Waals surface area contributed by atoms with Crippen LogP contribution in [0.3, 0.4) is 0 Å². The molecule has 1 aromatic rings. The highest BCUT2D eigenvalue weighted by Crippen LogP contribution is 2.23. The van der Waals surface area contributed by atoms with Crippen molar-refractivity contribution in [2.75, 3.05) is 26.3 Å². The van der Waals surface area contributed by atoms with E-state index in [2.05, 4.69) is 50.4 Å². The summed E-state index contributed by atoms with van der Waals surface area (Å²) in [6.07, 6.45) is 2.33. The van der Waals surface area contributed by atoms with Crippen LogP contribution in [-0.4, -0.2) is 26.3 Å². The number of aryl methyl sites for hydroxylation is 1. The second kappa shape index (κ2) is 9.12. The molecule has 2 heteroatoms. The Balaban J connectivity index is 2.57. The Hall–Kier alpha value is -0.860. The van der Waals surface area contributed by atoms with Crippen molar-refractivity contribution in [2.45, 2.75) is 39.5 Å². The van der Waals surface area contributed by atoms with Crippen molar-refractivity contribution in [3.05, 3.63) is 35.4 Å². The van der Waals surface area contributed by atoms with Crippen LogP contribution in [0.15, 0.2) is 24.3 Å². The molecule has 2 nitrogen and oxygen atoms in total. The number of hydrogen-bond acceptors (Lipinski definition) is 2. The topological polar surface area (TPSA) is 21.3 Å². The first-order valence-corrected chi connectivity index (χ1v) is 7.13. The molecule has 102 valence electrons. The minimum atomic E-state index is 0.603. The standard InChI is InChI=1S/C16H27NO/c1-4-17-13-15(10-8-12-18-5-2)16-11-7-6-9-14(16)3/h6-7,9,11,15,17H,4-5,8,10,12-13H2,1-3H3. The lowest BCUT2D eigenvalue weighted by molar-refractivity contribution is 0.141. The Labute approximate surface area is 112 Å². The van der Waals surface area contributed by atoms with Crippen molar-refractivity contribution in [1.82, 2.24) is 5.32 Å². The van der Waals surface area contributed by atoms with Crippen LogP contribution < -0.4 is 5.32 Å². The molecule has 1 unspecified atom stereocenters. The first-order chi connectivity index (χ1) is 8.79. The zero-order chi connectivity index (χ0) is 13.2. The van der Waals surface area contributed by atoms with Crippen LogP contribution in [0.4, 0.5) is 0 Å². The molecule has 0 aliphatic heterocycles. The molecule has 1 atom stereocenters. The van der Waals surface area contributed by atoms with Crippen LogP contribution in [0.5, 0.6) is 0 Å². The van der Waals surface area contributed by atoms with Crippen molar-refractivity contribution < 1.29 is 4.74 Å². The molecule has 0 aliphatic rings. The van der Waals surface area contributed by atoms with E-state index >= 15 is 0 Å². The Morgan fingerprint density at radius 1 is 1.22 bits per heavy atom. The minimum Gasteiger partial charge on any atom is -0.382 e. The van der Waals surface area contributed by atoms with E-state index in [0.29, 0.717) is 5.92 Å². The summed E-state index contributed by atoms with van der Waals surface area (Å²) in [5.74, 6) is 0.603. The maximum absolute atomic E-state index is 5.43. The second-order valence-electron chi connectivity index (χ2n) is 4.70. The Bertz CT molecular complexity index is 325. The van der Waals surface area contributed by atoms with Crippen LogP contribution in [-0.2, 0) is 4.74 Å². The lowest BCUT2D eigenvalue weighted by atomic mass is 9.91. The summed E-state index contributed by atoms with van der Waals surface area (Å²) >= 11 is 0. The molecule has 0 heterocycles. The molecule has 1 N–H and O–H groups in total. The summed E-state index contributed by atoms with van der Waals surface area (Å²) in [5, 5.41) is 3.47. The molecule has 1 rings (SSSR count). The lowest BCUT2D eigenvalue weighted by Gasteiger charge is -2.19.